The van der Waals surface area contributed by atoms with E-state index < -0.39 is 0 Å². The highest BCUT2D eigenvalue weighted by atomic mass is 35.5. The summed E-state index contributed by atoms with van der Waals surface area (Å²) in [5.74, 6) is 0. The van der Waals surface area contributed by atoms with Gasteiger partial charge in [-0.1, -0.05) is 11.6 Å². The van der Waals surface area contributed by atoms with E-state index in [0.29, 0.717) is 5.56 Å². The number of halogens is 1. The third-order valence-corrected chi connectivity index (χ3v) is 2.76. The first kappa shape index (κ1) is 9.20. The summed E-state index contributed by atoms with van der Waals surface area (Å²) in [6.45, 7) is 0. The molecule has 2 aromatic rings. The van der Waals surface area contributed by atoms with Crippen LogP contribution in [0.4, 0.5) is 0 Å². The molecule has 14 heavy (non-hydrogen) atoms. The average molecular weight is 221 g/mol. The Morgan fingerprint density at radius 1 is 1.36 bits per heavy atom. The Hall–Kier alpha value is -1.37. The van der Waals surface area contributed by atoms with Crippen molar-refractivity contribution in [3.63, 3.8) is 0 Å². The molecule has 0 saturated heterocycles. The maximum absolute atomic E-state index is 8.67. The Bertz CT molecular complexity index is 485. The van der Waals surface area contributed by atoms with E-state index in [-0.39, 0.29) is 5.15 Å². The van der Waals surface area contributed by atoms with Crippen molar-refractivity contribution in [3.8, 4) is 17.3 Å². The molecule has 0 amide bonds. The molecule has 0 fully saturated rings. The molecular formula is C10H5ClN2S. The molecule has 68 valence electrons. The molecule has 2 heterocycles. The van der Waals surface area contributed by atoms with Crippen molar-refractivity contribution in [3.05, 3.63) is 39.7 Å². The molecule has 0 aliphatic carbocycles. The molecule has 0 spiro atoms. The van der Waals surface area contributed by atoms with Crippen LogP contribution in [-0.2, 0) is 0 Å². The lowest BCUT2D eigenvalue weighted by Crippen LogP contribution is -1.85. The van der Waals surface area contributed by atoms with E-state index in [9.17, 15) is 0 Å². The lowest BCUT2D eigenvalue weighted by atomic mass is 10.2. The molecule has 0 saturated carbocycles. The van der Waals surface area contributed by atoms with Crippen molar-refractivity contribution < 1.29 is 0 Å². The number of pyridine rings is 1. The summed E-state index contributed by atoms with van der Waals surface area (Å²) in [5.41, 5.74) is 2.24. The monoisotopic (exact) mass is 220 g/mol. The molecule has 0 bridgehead atoms. The van der Waals surface area contributed by atoms with Gasteiger partial charge in [-0.25, -0.2) is 4.98 Å². The zero-order valence-electron chi connectivity index (χ0n) is 7.07. The SMILES string of the molecule is N#Cc1ccc(-c2ccsc2)nc1Cl. The summed E-state index contributed by atoms with van der Waals surface area (Å²) in [4.78, 5) is 4.14. The highest BCUT2D eigenvalue weighted by Crippen LogP contribution is 2.23. The second kappa shape index (κ2) is 3.79. The fourth-order valence-electron chi connectivity index (χ4n) is 1.09. The molecule has 0 aliphatic heterocycles. The van der Waals surface area contributed by atoms with Crippen molar-refractivity contribution in [1.82, 2.24) is 4.98 Å². The minimum absolute atomic E-state index is 0.260. The maximum atomic E-state index is 8.67. The third-order valence-electron chi connectivity index (χ3n) is 1.79. The number of hydrogen-bond acceptors (Lipinski definition) is 3. The van der Waals surface area contributed by atoms with Gasteiger partial charge in [0.15, 0.2) is 0 Å². The quantitative estimate of drug-likeness (QED) is 0.692. The minimum Gasteiger partial charge on any atom is -0.235 e. The Kier molecular flexibility index (Phi) is 2.49. The van der Waals surface area contributed by atoms with Gasteiger partial charge < -0.3 is 0 Å². The van der Waals surface area contributed by atoms with Crippen LogP contribution in [0.15, 0.2) is 29.0 Å². The number of hydrogen-bond donors (Lipinski definition) is 0. The molecule has 2 rings (SSSR count). The summed E-state index contributed by atoms with van der Waals surface area (Å²) in [6.07, 6.45) is 0. The molecule has 4 heteroatoms. The van der Waals surface area contributed by atoms with E-state index in [0.717, 1.165) is 11.3 Å². The summed E-state index contributed by atoms with van der Waals surface area (Å²) in [5, 5.41) is 12.9. The molecular weight excluding hydrogens is 216 g/mol. The Morgan fingerprint density at radius 2 is 2.21 bits per heavy atom. The summed E-state index contributed by atoms with van der Waals surface area (Å²) in [7, 11) is 0. The number of aromatic nitrogens is 1. The highest BCUT2D eigenvalue weighted by molar-refractivity contribution is 7.08. The topological polar surface area (TPSA) is 36.7 Å². The smallest absolute Gasteiger partial charge is 0.147 e. The van der Waals surface area contributed by atoms with Crippen LogP contribution in [0.3, 0.4) is 0 Å². The second-order valence-corrected chi connectivity index (χ2v) is 3.80. The lowest BCUT2D eigenvalue weighted by molar-refractivity contribution is 1.30. The summed E-state index contributed by atoms with van der Waals surface area (Å²) in [6, 6.07) is 7.42. The molecule has 0 aromatic carbocycles. The molecule has 0 aliphatic rings. The van der Waals surface area contributed by atoms with E-state index in [1.807, 2.05) is 22.9 Å². The van der Waals surface area contributed by atoms with Gasteiger partial charge in [0, 0.05) is 10.9 Å². The maximum Gasteiger partial charge on any atom is 0.147 e. The van der Waals surface area contributed by atoms with Crippen LogP contribution < -0.4 is 0 Å². The van der Waals surface area contributed by atoms with E-state index in [1.54, 1.807) is 23.5 Å². The van der Waals surface area contributed by atoms with Gasteiger partial charge in [0.1, 0.15) is 11.2 Å². The molecule has 0 N–H and O–H groups in total. The average Bonchev–Trinajstić information content (AvgIpc) is 2.70. The minimum atomic E-state index is 0.260. The number of rotatable bonds is 1. The van der Waals surface area contributed by atoms with Crippen LogP contribution in [0.1, 0.15) is 5.56 Å². The van der Waals surface area contributed by atoms with Gasteiger partial charge in [0.05, 0.1) is 11.3 Å². The van der Waals surface area contributed by atoms with Gasteiger partial charge in [-0.15, -0.1) is 0 Å². The van der Waals surface area contributed by atoms with Crippen LogP contribution in [0.25, 0.3) is 11.3 Å². The first-order chi connectivity index (χ1) is 6.81. The predicted octanol–water partition coefficient (Wildman–Crippen LogP) is 3.34. The number of nitriles is 1. The van der Waals surface area contributed by atoms with E-state index in [2.05, 4.69) is 4.98 Å². The Labute approximate surface area is 90.4 Å². The van der Waals surface area contributed by atoms with Gasteiger partial charge in [-0.2, -0.15) is 16.6 Å². The zero-order valence-corrected chi connectivity index (χ0v) is 8.64. The van der Waals surface area contributed by atoms with Crippen molar-refractivity contribution in [1.29, 1.82) is 5.26 Å². The molecule has 2 nitrogen and oxygen atoms in total. The Morgan fingerprint density at radius 3 is 2.79 bits per heavy atom. The van der Waals surface area contributed by atoms with Gasteiger partial charge >= 0.3 is 0 Å². The molecule has 0 unspecified atom stereocenters. The van der Waals surface area contributed by atoms with E-state index >= 15 is 0 Å². The van der Waals surface area contributed by atoms with Crippen LogP contribution in [-0.4, -0.2) is 4.98 Å². The molecule has 0 atom stereocenters. The van der Waals surface area contributed by atoms with Crippen molar-refractivity contribution in [2.24, 2.45) is 0 Å². The van der Waals surface area contributed by atoms with Crippen LogP contribution in [0.5, 0.6) is 0 Å². The fourth-order valence-corrected chi connectivity index (χ4v) is 1.93. The van der Waals surface area contributed by atoms with Gasteiger partial charge in [0.2, 0.25) is 0 Å². The molecule has 0 radical (unpaired) electrons. The Balaban J connectivity index is 2.49. The van der Waals surface area contributed by atoms with Crippen LogP contribution in [0.2, 0.25) is 5.15 Å². The lowest BCUT2D eigenvalue weighted by Gasteiger charge is -1.98. The molecule has 2 aromatic heterocycles. The van der Waals surface area contributed by atoms with Gasteiger partial charge in [-0.05, 0) is 23.6 Å². The fraction of sp³-hybridized carbons (Fsp3) is 0. The van der Waals surface area contributed by atoms with Crippen molar-refractivity contribution in [2.75, 3.05) is 0 Å². The van der Waals surface area contributed by atoms with Gasteiger partial charge in [0.25, 0.3) is 0 Å². The first-order valence-corrected chi connectivity index (χ1v) is 5.22. The first-order valence-electron chi connectivity index (χ1n) is 3.90. The predicted molar refractivity (Wildman–Crippen MR) is 57.3 cm³/mol. The van der Waals surface area contributed by atoms with E-state index in [4.69, 9.17) is 16.9 Å². The number of thiophene rings is 1. The normalized spacial score (nSPS) is 9.71. The largest absolute Gasteiger partial charge is 0.235 e. The second-order valence-electron chi connectivity index (χ2n) is 2.66. The third kappa shape index (κ3) is 1.63. The van der Waals surface area contributed by atoms with Crippen molar-refractivity contribution in [2.45, 2.75) is 0 Å². The van der Waals surface area contributed by atoms with E-state index in [1.165, 1.54) is 0 Å². The van der Waals surface area contributed by atoms with Crippen LogP contribution >= 0.6 is 22.9 Å². The highest BCUT2D eigenvalue weighted by Gasteiger charge is 2.04. The van der Waals surface area contributed by atoms with Crippen LogP contribution in [0, 0.1) is 11.3 Å². The van der Waals surface area contributed by atoms with Gasteiger partial charge in [-0.3, -0.25) is 0 Å². The summed E-state index contributed by atoms with van der Waals surface area (Å²) < 4.78 is 0. The zero-order chi connectivity index (χ0) is 9.97. The summed E-state index contributed by atoms with van der Waals surface area (Å²) >= 11 is 7.42. The van der Waals surface area contributed by atoms with Crippen molar-refractivity contribution >= 4 is 22.9 Å². The number of nitrogens with zero attached hydrogens (tertiary/aromatic N) is 2. The standard InChI is InChI=1S/C10H5ClN2S/c11-10-7(5-12)1-2-9(13-10)8-3-4-14-6-8/h1-4,6H.